The summed E-state index contributed by atoms with van der Waals surface area (Å²) in [5, 5.41) is 18.7. The van der Waals surface area contributed by atoms with Crippen molar-refractivity contribution in [1.29, 1.82) is 0 Å². The van der Waals surface area contributed by atoms with Crippen molar-refractivity contribution < 1.29 is 0 Å². The summed E-state index contributed by atoms with van der Waals surface area (Å²) in [6.45, 7) is 5.04. The third-order valence-electron chi connectivity index (χ3n) is 4.63. The zero-order valence-electron chi connectivity index (χ0n) is 16.0. The van der Waals surface area contributed by atoms with Crippen molar-refractivity contribution in [3.63, 3.8) is 0 Å². The van der Waals surface area contributed by atoms with Crippen LogP contribution in [-0.2, 0) is 13.0 Å². The minimum absolute atomic E-state index is 0.603. The van der Waals surface area contributed by atoms with E-state index in [4.69, 9.17) is 0 Å². The lowest BCUT2D eigenvalue weighted by atomic mass is 9.99. The van der Waals surface area contributed by atoms with E-state index in [9.17, 15) is 0 Å². The van der Waals surface area contributed by atoms with Crippen LogP contribution in [-0.4, -0.2) is 40.4 Å². The third kappa shape index (κ3) is 3.80. The normalized spacial score (nSPS) is 11.1. The van der Waals surface area contributed by atoms with Crippen LogP contribution in [0, 0.1) is 6.92 Å². The van der Waals surface area contributed by atoms with Gasteiger partial charge in [0, 0.05) is 30.9 Å². The van der Waals surface area contributed by atoms with Gasteiger partial charge in [-0.05, 0) is 46.5 Å². The Kier molecular flexibility index (Phi) is 5.18. The number of tetrazole rings is 1. The second kappa shape index (κ2) is 8.08. The number of H-pyrrole nitrogens is 1. The second-order valence-corrected chi connectivity index (χ2v) is 6.70. The number of hydrogen-bond acceptors (Lipinski definition) is 6. The highest BCUT2D eigenvalue weighted by atomic mass is 15.5. The molecule has 0 saturated carbocycles. The first-order valence-corrected chi connectivity index (χ1v) is 9.42. The van der Waals surface area contributed by atoms with E-state index >= 15 is 0 Å². The number of nitrogens with one attached hydrogen (secondary N) is 1. The maximum Gasteiger partial charge on any atom is 0.181 e. The molecule has 3 heterocycles. The van der Waals surface area contributed by atoms with Gasteiger partial charge < -0.3 is 0 Å². The van der Waals surface area contributed by atoms with E-state index in [-0.39, 0.29) is 0 Å². The Balaban J connectivity index is 1.58. The van der Waals surface area contributed by atoms with Gasteiger partial charge in [0.1, 0.15) is 11.6 Å². The van der Waals surface area contributed by atoms with E-state index in [2.05, 4.69) is 66.9 Å². The number of unbranched alkanes of at least 4 members (excludes halogenated alkanes) is 1. The number of pyridine rings is 1. The molecule has 8 heteroatoms. The van der Waals surface area contributed by atoms with Crippen LogP contribution in [0.4, 0.5) is 0 Å². The lowest BCUT2D eigenvalue weighted by Gasteiger charge is -2.08. The summed E-state index contributed by atoms with van der Waals surface area (Å²) >= 11 is 0. The molecular weight excluding hydrogens is 352 g/mol. The van der Waals surface area contributed by atoms with Gasteiger partial charge in [0.05, 0.1) is 0 Å². The predicted octanol–water partition coefficient (Wildman–Crippen LogP) is 3.22. The molecule has 4 aromatic rings. The van der Waals surface area contributed by atoms with Crippen LogP contribution < -0.4 is 0 Å². The molecule has 0 unspecified atom stereocenters. The number of hydrogen-bond donors (Lipinski definition) is 1. The maximum absolute atomic E-state index is 4.60. The van der Waals surface area contributed by atoms with E-state index < -0.39 is 0 Å². The minimum Gasteiger partial charge on any atom is -0.264 e. The molecule has 0 amide bonds. The average molecular weight is 374 g/mol. The molecule has 28 heavy (non-hydrogen) atoms. The van der Waals surface area contributed by atoms with Crippen molar-refractivity contribution in [2.75, 3.05) is 0 Å². The molecule has 0 spiro atoms. The first-order valence-electron chi connectivity index (χ1n) is 9.42. The predicted molar refractivity (Wildman–Crippen MR) is 105 cm³/mol. The van der Waals surface area contributed by atoms with Gasteiger partial charge in [-0.3, -0.25) is 4.98 Å². The molecule has 0 aliphatic heterocycles. The summed E-state index contributed by atoms with van der Waals surface area (Å²) in [5.41, 5.74) is 4.18. The van der Waals surface area contributed by atoms with E-state index in [1.165, 1.54) is 5.56 Å². The molecule has 0 aliphatic rings. The van der Waals surface area contributed by atoms with Crippen molar-refractivity contribution >= 4 is 0 Å². The standard InChI is InChI=1S/C20H22N8/c1-3-4-11-28-19(22-14(2)25-28)12-15-5-7-16(8-6-15)17-9-10-21-13-18(17)20-23-26-27-24-20/h5-10,13H,3-4,11-12H2,1-2H3,(H,23,24,26,27). The Hall–Kier alpha value is -3.42. The molecule has 4 rings (SSSR count). The Labute approximate surface area is 163 Å². The number of aryl methyl sites for hydroxylation is 2. The molecule has 0 fully saturated rings. The zero-order valence-corrected chi connectivity index (χ0v) is 16.0. The van der Waals surface area contributed by atoms with Crippen LogP contribution in [0.3, 0.4) is 0 Å². The fraction of sp³-hybridized carbons (Fsp3) is 0.300. The number of aromatic nitrogens is 8. The quantitative estimate of drug-likeness (QED) is 0.533. The summed E-state index contributed by atoms with van der Waals surface area (Å²) in [5.74, 6) is 2.44. The van der Waals surface area contributed by atoms with Gasteiger partial charge >= 0.3 is 0 Å². The smallest absolute Gasteiger partial charge is 0.181 e. The molecular formula is C20H22N8. The molecule has 0 saturated heterocycles. The van der Waals surface area contributed by atoms with Crippen molar-refractivity contribution in [3.05, 3.63) is 59.9 Å². The summed E-state index contributed by atoms with van der Waals surface area (Å²) < 4.78 is 2.03. The highest BCUT2D eigenvalue weighted by Crippen LogP contribution is 2.29. The Morgan fingerprint density at radius 1 is 1.07 bits per heavy atom. The fourth-order valence-corrected chi connectivity index (χ4v) is 3.21. The highest BCUT2D eigenvalue weighted by molar-refractivity contribution is 5.79. The lowest BCUT2D eigenvalue weighted by Crippen LogP contribution is -2.06. The van der Waals surface area contributed by atoms with Crippen molar-refractivity contribution in [3.8, 4) is 22.5 Å². The number of aromatic amines is 1. The summed E-state index contributed by atoms with van der Waals surface area (Å²) in [6, 6.07) is 10.4. The van der Waals surface area contributed by atoms with Crippen LogP contribution in [0.5, 0.6) is 0 Å². The summed E-state index contributed by atoms with van der Waals surface area (Å²) in [7, 11) is 0. The van der Waals surface area contributed by atoms with Gasteiger partial charge in [0.25, 0.3) is 0 Å². The van der Waals surface area contributed by atoms with Gasteiger partial charge in [-0.2, -0.15) is 5.10 Å². The van der Waals surface area contributed by atoms with Gasteiger partial charge in [0.15, 0.2) is 5.82 Å². The molecule has 1 aromatic carbocycles. The second-order valence-electron chi connectivity index (χ2n) is 6.70. The lowest BCUT2D eigenvalue weighted by molar-refractivity contribution is 0.547. The Morgan fingerprint density at radius 2 is 1.93 bits per heavy atom. The van der Waals surface area contributed by atoms with Gasteiger partial charge in [-0.25, -0.2) is 14.8 Å². The van der Waals surface area contributed by atoms with Gasteiger partial charge in [0.2, 0.25) is 0 Å². The van der Waals surface area contributed by atoms with Crippen LogP contribution >= 0.6 is 0 Å². The zero-order chi connectivity index (χ0) is 19.3. The molecule has 142 valence electrons. The first-order chi connectivity index (χ1) is 13.7. The monoisotopic (exact) mass is 374 g/mol. The van der Waals surface area contributed by atoms with Crippen molar-refractivity contribution in [2.45, 2.75) is 39.7 Å². The molecule has 0 atom stereocenters. The van der Waals surface area contributed by atoms with Crippen molar-refractivity contribution in [2.24, 2.45) is 0 Å². The van der Waals surface area contributed by atoms with E-state index in [0.717, 1.165) is 54.1 Å². The Bertz CT molecular complexity index is 1030. The first kappa shape index (κ1) is 18.0. The highest BCUT2D eigenvalue weighted by Gasteiger charge is 2.12. The van der Waals surface area contributed by atoms with Crippen LogP contribution in [0.2, 0.25) is 0 Å². The minimum atomic E-state index is 0.603. The van der Waals surface area contributed by atoms with Crippen LogP contribution in [0.25, 0.3) is 22.5 Å². The number of nitrogens with zero attached hydrogens (tertiary/aromatic N) is 7. The topological polar surface area (TPSA) is 98.1 Å². The van der Waals surface area contributed by atoms with E-state index in [1.54, 1.807) is 12.4 Å². The molecule has 0 aliphatic carbocycles. The van der Waals surface area contributed by atoms with Gasteiger partial charge in [-0.15, -0.1) is 5.10 Å². The SMILES string of the molecule is CCCCn1nc(C)nc1Cc1ccc(-c2ccncc2-c2nnn[nH]2)cc1. The molecule has 1 N–H and O–H groups in total. The van der Waals surface area contributed by atoms with E-state index in [0.29, 0.717) is 5.82 Å². The Morgan fingerprint density at radius 3 is 2.68 bits per heavy atom. The summed E-state index contributed by atoms with van der Waals surface area (Å²) in [6.07, 6.45) is 6.55. The van der Waals surface area contributed by atoms with Crippen molar-refractivity contribution in [1.82, 2.24) is 40.4 Å². The molecule has 8 nitrogen and oxygen atoms in total. The maximum atomic E-state index is 4.60. The number of benzene rings is 1. The number of rotatable bonds is 7. The van der Waals surface area contributed by atoms with E-state index in [1.807, 2.05) is 17.7 Å². The van der Waals surface area contributed by atoms with Gasteiger partial charge in [-0.1, -0.05) is 37.6 Å². The molecule has 3 aromatic heterocycles. The van der Waals surface area contributed by atoms with Crippen LogP contribution in [0.1, 0.15) is 37.0 Å². The molecule has 0 bridgehead atoms. The third-order valence-corrected chi connectivity index (χ3v) is 4.63. The molecule has 0 radical (unpaired) electrons. The fourth-order valence-electron chi connectivity index (χ4n) is 3.21. The summed E-state index contributed by atoms with van der Waals surface area (Å²) in [4.78, 5) is 8.81. The average Bonchev–Trinajstić information content (AvgIpc) is 3.37. The van der Waals surface area contributed by atoms with Crippen LogP contribution in [0.15, 0.2) is 42.7 Å². The largest absolute Gasteiger partial charge is 0.264 e.